The van der Waals surface area contributed by atoms with Crippen molar-refractivity contribution >= 4 is 11.7 Å². The Morgan fingerprint density at radius 2 is 1.88 bits per heavy atom. The highest BCUT2D eigenvalue weighted by Crippen LogP contribution is 2.21. The fourth-order valence-electron chi connectivity index (χ4n) is 2.34. The number of hydrogen-bond acceptors (Lipinski definition) is 6. The van der Waals surface area contributed by atoms with Gasteiger partial charge in [-0.3, -0.25) is 14.8 Å². The van der Waals surface area contributed by atoms with Gasteiger partial charge in [0.1, 0.15) is 17.6 Å². The van der Waals surface area contributed by atoms with Crippen molar-refractivity contribution in [2.24, 2.45) is 0 Å². The second kappa shape index (κ2) is 8.35. The summed E-state index contributed by atoms with van der Waals surface area (Å²) in [6, 6.07) is 12.8. The second-order valence-electron chi connectivity index (χ2n) is 5.37. The minimum atomic E-state index is -0.242. The van der Waals surface area contributed by atoms with E-state index >= 15 is 0 Å². The maximum atomic E-state index is 11.9. The van der Waals surface area contributed by atoms with Crippen molar-refractivity contribution in [3.8, 4) is 17.2 Å². The van der Waals surface area contributed by atoms with Crippen molar-refractivity contribution in [3.05, 3.63) is 72.4 Å². The molecule has 0 fully saturated rings. The third-order valence-corrected chi connectivity index (χ3v) is 3.62. The summed E-state index contributed by atoms with van der Waals surface area (Å²) >= 11 is 0. The average Bonchev–Trinajstić information content (AvgIpc) is 2.72. The Labute approximate surface area is 150 Å². The van der Waals surface area contributed by atoms with Crippen LogP contribution in [0.3, 0.4) is 0 Å². The predicted octanol–water partition coefficient (Wildman–Crippen LogP) is 2.25. The molecule has 0 aliphatic heterocycles. The summed E-state index contributed by atoms with van der Waals surface area (Å²) in [5.41, 5.74) is 2.59. The average molecular weight is 344 g/mol. The molecule has 0 saturated heterocycles. The molecule has 26 heavy (non-hydrogen) atoms. The first-order valence-electron chi connectivity index (χ1n) is 8.01. The lowest BCUT2D eigenvalue weighted by Gasteiger charge is -2.10. The molecule has 7 heteroatoms. The Balaban J connectivity index is 1.58. The van der Waals surface area contributed by atoms with Crippen LogP contribution in [0.25, 0.3) is 11.1 Å². The van der Waals surface area contributed by atoms with Crippen LogP contribution in [0.4, 0.5) is 5.82 Å². The molecule has 0 aliphatic carbocycles. The lowest BCUT2D eigenvalue weighted by molar-refractivity contribution is 0.0950. The Morgan fingerprint density at radius 3 is 2.62 bits per heavy atom. The zero-order valence-electron chi connectivity index (χ0n) is 13.9. The smallest absolute Gasteiger partial charge is 0.269 e. The van der Waals surface area contributed by atoms with E-state index in [9.17, 15) is 10.1 Å². The zero-order valence-corrected chi connectivity index (χ0v) is 13.9. The van der Waals surface area contributed by atoms with Crippen LogP contribution in [0.2, 0.25) is 0 Å². The molecular weight excluding hydrogens is 328 g/mol. The number of hydrogen-bond donors (Lipinski definition) is 2. The largest absolute Gasteiger partial charge is 0.367 e. The van der Waals surface area contributed by atoms with E-state index in [1.165, 1.54) is 0 Å². The quantitative estimate of drug-likeness (QED) is 0.665. The van der Waals surface area contributed by atoms with Crippen LogP contribution in [0, 0.1) is 11.3 Å². The number of carbonyl (C=O) groups excluding carboxylic acids is 1. The van der Waals surface area contributed by atoms with Crippen LogP contribution >= 0.6 is 0 Å². The Morgan fingerprint density at radius 1 is 1.04 bits per heavy atom. The molecule has 0 bridgehead atoms. The van der Waals surface area contributed by atoms with Crippen molar-refractivity contribution < 1.29 is 4.79 Å². The summed E-state index contributed by atoms with van der Waals surface area (Å²) in [7, 11) is 0. The van der Waals surface area contributed by atoms with E-state index in [1.807, 2.05) is 12.1 Å². The van der Waals surface area contributed by atoms with E-state index in [4.69, 9.17) is 0 Å². The highest BCUT2D eigenvalue weighted by Gasteiger charge is 2.08. The highest BCUT2D eigenvalue weighted by molar-refractivity contribution is 5.92. The monoisotopic (exact) mass is 344 g/mol. The topological polar surface area (TPSA) is 104 Å². The van der Waals surface area contributed by atoms with E-state index in [2.05, 4.69) is 31.7 Å². The zero-order chi connectivity index (χ0) is 18.2. The van der Waals surface area contributed by atoms with Crippen molar-refractivity contribution in [1.29, 1.82) is 5.26 Å². The molecule has 0 saturated carbocycles. The third-order valence-electron chi connectivity index (χ3n) is 3.62. The van der Waals surface area contributed by atoms with E-state index < -0.39 is 0 Å². The summed E-state index contributed by atoms with van der Waals surface area (Å²) in [5.74, 6) is 0.242. The third kappa shape index (κ3) is 4.19. The first kappa shape index (κ1) is 17.0. The van der Waals surface area contributed by atoms with Crippen LogP contribution in [-0.4, -0.2) is 33.9 Å². The van der Waals surface area contributed by atoms with Gasteiger partial charge >= 0.3 is 0 Å². The molecule has 3 heterocycles. The molecule has 2 N–H and O–H groups in total. The molecule has 1 amide bonds. The number of carbonyl (C=O) groups is 1. The number of amides is 1. The first-order chi connectivity index (χ1) is 12.8. The maximum Gasteiger partial charge on any atom is 0.269 e. The SMILES string of the molecule is N#Cc1cc(-c2ccncc2)cnc1NCCNC(=O)c1ccccn1. The highest BCUT2D eigenvalue weighted by atomic mass is 16.1. The van der Waals surface area contributed by atoms with Gasteiger partial charge in [-0.1, -0.05) is 6.07 Å². The molecular formula is C19H16N6O. The minimum absolute atomic E-state index is 0.242. The first-order valence-corrected chi connectivity index (χ1v) is 8.01. The number of nitrogens with one attached hydrogen (secondary N) is 2. The van der Waals surface area contributed by atoms with Crippen molar-refractivity contribution in [3.63, 3.8) is 0 Å². The molecule has 0 unspecified atom stereocenters. The van der Waals surface area contributed by atoms with Crippen molar-refractivity contribution in [1.82, 2.24) is 20.3 Å². The number of rotatable bonds is 6. The van der Waals surface area contributed by atoms with Gasteiger partial charge in [0, 0.05) is 43.4 Å². The Hall–Kier alpha value is -3.79. The van der Waals surface area contributed by atoms with Crippen molar-refractivity contribution in [2.45, 2.75) is 0 Å². The van der Waals surface area contributed by atoms with Gasteiger partial charge in [0.05, 0.1) is 5.56 Å². The summed E-state index contributed by atoms with van der Waals surface area (Å²) < 4.78 is 0. The molecule has 0 radical (unpaired) electrons. The van der Waals surface area contributed by atoms with Crippen molar-refractivity contribution in [2.75, 3.05) is 18.4 Å². The Bertz CT molecular complexity index is 922. The fraction of sp³-hybridized carbons (Fsp3) is 0.105. The van der Waals surface area contributed by atoms with E-state index in [0.29, 0.717) is 30.2 Å². The number of anilines is 1. The van der Waals surface area contributed by atoms with E-state index in [0.717, 1.165) is 11.1 Å². The summed E-state index contributed by atoms with van der Waals surface area (Å²) in [4.78, 5) is 24.2. The molecule has 128 valence electrons. The lowest BCUT2D eigenvalue weighted by atomic mass is 10.1. The number of aromatic nitrogens is 3. The lowest BCUT2D eigenvalue weighted by Crippen LogP contribution is -2.29. The molecule has 0 spiro atoms. The summed E-state index contributed by atoms with van der Waals surface area (Å²) in [5, 5.41) is 15.2. The van der Waals surface area contributed by atoms with Crippen LogP contribution in [0.15, 0.2) is 61.2 Å². The standard InChI is InChI=1S/C19H16N6O/c20-12-15-11-16(14-4-7-21-8-5-14)13-25-18(15)23-9-10-24-19(26)17-3-1-2-6-22-17/h1-8,11,13H,9-10H2,(H,23,25)(H,24,26). The van der Waals surface area contributed by atoms with Gasteiger partial charge in [0.15, 0.2) is 0 Å². The second-order valence-corrected chi connectivity index (χ2v) is 5.37. The van der Waals surface area contributed by atoms with E-state index in [1.54, 1.807) is 49.1 Å². The molecule has 0 atom stereocenters. The number of nitrogens with zero attached hydrogens (tertiary/aromatic N) is 4. The molecule has 0 aromatic carbocycles. The molecule has 0 aliphatic rings. The summed E-state index contributed by atoms with van der Waals surface area (Å²) in [6.45, 7) is 0.822. The van der Waals surface area contributed by atoms with Crippen LogP contribution in [-0.2, 0) is 0 Å². The van der Waals surface area contributed by atoms with Crippen LogP contribution < -0.4 is 10.6 Å². The van der Waals surface area contributed by atoms with Gasteiger partial charge in [-0.25, -0.2) is 4.98 Å². The summed E-state index contributed by atoms with van der Waals surface area (Å²) in [6.07, 6.45) is 6.65. The molecule has 7 nitrogen and oxygen atoms in total. The van der Waals surface area contributed by atoms with Gasteiger partial charge in [-0.2, -0.15) is 5.26 Å². The fourth-order valence-corrected chi connectivity index (χ4v) is 2.34. The molecule has 3 rings (SSSR count). The van der Waals surface area contributed by atoms with Gasteiger partial charge < -0.3 is 10.6 Å². The van der Waals surface area contributed by atoms with Crippen LogP contribution in [0.1, 0.15) is 16.1 Å². The maximum absolute atomic E-state index is 11.9. The normalized spacial score (nSPS) is 9.96. The Kier molecular flexibility index (Phi) is 5.47. The van der Waals surface area contributed by atoms with Gasteiger partial charge in [-0.05, 0) is 35.9 Å². The van der Waals surface area contributed by atoms with Crippen LogP contribution in [0.5, 0.6) is 0 Å². The minimum Gasteiger partial charge on any atom is -0.367 e. The van der Waals surface area contributed by atoms with Gasteiger partial charge in [0.2, 0.25) is 0 Å². The predicted molar refractivity (Wildman–Crippen MR) is 97.2 cm³/mol. The van der Waals surface area contributed by atoms with Gasteiger partial charge in [-0.15, -0.1) is 0 Å². The number of pyridine rings is 3. The van der Waals surface area contributed by atoms with Gasteiger partial charge in [0.25, 0.3) is 5.91 Å². The number of nitriles is 1. The van der Waals surface area contributed by atoms with E-state index in [-0.39, 0.29) is 5.91 Å². The molecule has 3 aromatic rings. The molecule has 3 aromatic heterocycles.